The number of thiocarbonyl (C=S) groups is 1. The number of fused-ring (bicyclic) bond motifs is 1. The van der Waals surface area contributed by atoms with Gasteiger partial charge in [0.2, 0.25) is 0 Å². The highest BCUT2D eigenvalue weighted by Crippen LogP contribution is 2.27. The van der Waals surface area contributed by atoms with Gasteiger partial charge in [0.25, 0.3) is 5.91 Å². The third-order valence-electron chi connectivity index (χ3n) is 3.45. The van der Waals surface area contributed by atoms with E-state index in [2.05, 4.69) is 0 Å². The Bertz CT molecular complexity index is 841. The van der Waals surface area contributed by atoms with Crippen molar-refractivity contribution in [3.8, 4) is 0 Å². The lowest BCUT2D eigenvalue weighted by Crippen LogP contribution is -2.40. The fraction of sp³-hybridized carbons (Fsp3) is 0. The van der Waals surface area contributed by atoms with Crippen LogP contribution in [-0.2, 0) is 0 Å². The summed E-state index contributed by atoms with van der Waals surface area (Å²) in [6.45, 7) is 0. The molecule has 0 radical (unpaired) electrons. The van der Waals surface area contributed by atoms with Gasteiger partial charge in [0.05, 0.1) is 5.69 Å². The maximum Gasteiger partial charge on any atom is 0.264 e. The summed E-state index contributed by atoms with van der Waals surface area (Å²) in [5.74, 6) is -0.232. The Hall–Kier alpha value is -2.72. The number of benzene rings is 3. The molecular formula is C18H14N2OS. The Morgan fingerprint density at radius 1 is 0.864 bits per heavy atom. The fourth-order valence-electron chi connectivity index (χ4n) is 2.44. The first kappa shape index (κ1) is 14.2. The van der Waals surface area contributed by atoms with E-state index in [4.69, 9.17) is 18.0 Å². The minimum absolute atomic E-state index is 0.0326. The minimum atomic E-state index is -0.232. The van der Waals surface area contributed by atoms with Crippen LogP contribution in [0.3, 0.4) is 0 Å². The SMILES string of the molecule is NC(=S)N(C(=O)c1ccccc1)c1cccc2ccccc12. The fourth-order valence-corrected chi connectivity index (χ4v) is 2.62. The molecule has 2 N–H and O–H groups in total. The Kier molecular flexibility index (Phi) is 3.85. The molecule has 3 rings (SSSR count). The number of nitrogens with two attached hydrogens (primary N) is 1. The molecule has 1 amide bonds. The van der Waals surface area contributed by atoms with Crippen LogP contribution in [0.15, 0.2) is 72.8 Å². The van der Waals surface area contributed by atoms with Gasteiger partial charge in [-0.3, -0.25) is 9.69 Å². The van der Waals surface area contributed by atoms with Gasteiger partial charge in [0, 0.05) is 10.9 Å². The molecular weight excluding hydrogens is 292 g/mol. The smallest absolute Gasteiger partial charge is 0.264 e. The van der Waals surface area contributed by atoms with Crippen LogP contribution in [-0.4, -0.2) is 11.0 Å². The highest BCUT2D eigenvalue weighted by Gasteiger charge is 2.21. The minimum Gasteiger partial charge on any atom is -0.376 e. The molecule has 0 atom stereocenters. The lowest BCUT2D eigenvalue weighted by atomic mass is 10.1. The van der Waals surface area contributed by atoms with Crippen molar-refractivity contribution in [2.24, 2.45) is 5.73 Å². The summed E-state index contributed by atoms with van der Waals surface area (Å²) < 4.78 is 0. The number of amides is 1. The van der Waals surface area contributed by atoms with E-state index in [9.17, 15) is 4.79 Å². The van der Waals surface area contributed by atoms with Crippen LogP contribution in [0.2, 0.25) is 0 Å². The quantitative estimate of drug-likeness (QED) is 0.734. The molecule has 3 aromatic carbocycles. The number of anilines is 1. The molecule has 0 spiro atoms. The summed E-state index contributed by atoms with van der Waals surface area (Å²) in [6.07, 6.45) is 0. The molecule has 0 saturated heterocycles. The number of carbonyl (C=O) groups is 1. The Morgan fingerprint density at radius 3 is 2.23 bits per heavy atom. The Morgan fingerprint density at radius 2 is 1.50 bits per heavy atom. The third-order valence-corrected chi connectivity index (χ3v) is 3.63. The molecule has 0 unspecified atom stereocenters. The van der Waals surface area contributed by atoms with Gasteiger partial charge in [-0.2, -0.15) is 0 Å². The lowest BCUT2D eigenvalue weighted by molar-refractivity contribution is 0.100. The van der Waals surface area contributed by atoms with Crippen LogP contribution in [0.25, 0.3) is 10.8 Å². The largest absolute Gasteiger partial charge is 0.376 e. The van der Waals surface area contributed by atoms with Gasteiger partial charge >= 0.3 is 0 Å². The van der Waals surface area contributed by atoms with Crippen LogP contribution in [0.4, 0.5) is 5.69 Å². The second-order valence-electron chi connectivity index (χ2n) is 4.84. The van der Waals surface area contributed by atoms with E-state index in [1.807, 2.05) is 60.7 Å². The molecule has 0 aromatic heterocycles. The van der Waals surface area contributed by atoms with E-state index in [1.54, 1.807) is 12.1 Å². The van der Waals surface area contributed by atoms with E-state index in [1.165, 1.54) is 4.90 Å². The topological polar surface area (TPSA) is 46.3 Å². The maximum absolute atomic E-state index is 12.8. The summed E-state index contributed by atoms with van der Waals surface area (Å²) in [5.41, 5.74) is 7.07. The van der Waals surface area contributed by atoms with Crippen molar-refractivity contribution >= 4 is 39.7 Å². The summed E-state index contributed by atoms with van der Waals surface area (Å²) >= 11 is 5.12. The number of hydrogen-bond acceptors (Lipinski definition) is 2. The Balaban J connectivity index is 2.16. The standard InChI is InChI=1S/C18H14N2OS/c19-18(22)20(17(21)14-8-2-1-3-9-14)16-12-6-10-13-7-4-5-11-15(13)16/h1-12H,(H2,19,22). The van der Waals surface area contributed by atoms with Crippen LogP contribution in [0.1, 0.15) is 10.4 Å². The van der Waals surface area contributed by atoms with Gasteiger partial charge < -0.3 is 5.73 Å². The summed E-state index contributed by atoms with van der Waals surface area (Å²) in [6, 6.07) is 22.5. The molecule has 0 aliphatic carbocycles. The van der Waals surface area contributed by atoms with E-state index < -0.39 is 0 Å². The lowest BCUT2D eigenvalue weighted by Gasteiger charge is -2.22. The van der Waals surface area contributed by atoms with E-state index in [0.29, 0.717) is 11.3 Å². The number of rotatable bonds is 2. The van der Waals surface area contributed by atoms with Crippen LogP contribution < -0.4 is 10.6 Å². The van der Waals surface area contributed by atoms with Crippen molar-refractivity contribution in [1.82, 2.24) is 0 Å². The molecule has 3 aromatic rings. The van der Waals surface area contributed by atoms with E-state index in [-0.39, 0.29) is 11.0 Å². The molecule has 22 heavy (non-hydrogen) atoms. The molecule has 3 nitrogen and oxygen atoms in total. The second kappa shape index (κ2) is 5.95. The van der Waals surface area contributed by atoms with Crippen LogP contribution >= 0.6 is 12.2 Å². The molecule has 0 aliphatic heterocycles. The normalized spacial score (nSPS) is 10.4. The van der Waals surface area contributed by atoms with Gasteiger partial charge in [0.15, 0.2) is 5.11 Å². The summed E-state index contributed by atoms with van der Waals surface area (Å²) in [4.78, 5) is 14.2. The zero-order valence-corrected chi connectivity index (χ0v) is 12.6. The maximum atomic E-state index is 12.8. The van der Waals surface area contributed by atoms with Crippen molar-refractivity contribution in [2.45, 2.75) is 0 Å². The van der Waals surface area contributed by atoms with Gasteiger partial charge in [-0.1, -0.05) is 54.6 Å². The zero-order chi connectivity index (χ0) is 15.5. The van der Waals surface area contributed by atoms with Gasteiger partial charge in [-0.15, -0.1) is 0 Å². The highest BCUT2D eigenvalue weighted by atomic mass is 32.1. The predicted octanol–water partition coefficient (Wildman–Crippen LogP) is 3.73. The number of hydrogen-bond donors (Lipinski definition) is 1. The van der Waals surface area contributed by atoms with Crippen molar-refractivity contribution in [2.75, 3.05) is 4.90 Å². The van der Waals surface area contributed by atoms with Gasteiger partial charge in [-0.25, -0.2) is 0 Å². The van der Waals surface area contributed by atoms with E-state index >= 15 is 0 Å². The molecule has 4 heteroatoms. The Labute approximate surface area is 134 Å². The molecule has 108 valence electrons. The highest BCUT2D eigenvalue weighted by molar-refractivity contribution is 7.80. The summed E-state index contributed by atoms with van der Waals surface area (Å²) in [5, 5.41) is 1.99. The summed E-state index contributed by atoms with van der Waals surface area (Å²) in [7, 11) is 0. The second-order valence-corrected chi connectivity index (χ2v) is 5.26. The first-order valence-corrected chi connectivity index (χ1v) is 7.26. The molecule has 0 aliphatic rings. The molecule has 0 saturated carbocycles. The molecule has 0 heterocycles. The van der Waals surface area contributed by atoms with Crippen LogP contribution in [0.5, 0.6) is 0 Å². The third kappa shape index (κ3) is 2.56. The van der Waals surface area contributed by atoms with Crippen molar-refractivity contribution in [3.63, 3.8) is 0 Å². The predicted molar refractivity (Wildman–Crippen MR) is 94.0 cm³/mol. The number of carbonyl (C=O) groups excluding carboxylic acids is 1. The first-order chi connectivity index (χ1) is 10.7. The van der Waals surface area contributed by atoms with Gasteiger partial charge in [-0.05, 0) is 35.8 Å². The van der Waals surface area contributed by atoms with Crippen molar-refractivity contribution in [1.29, 1.82) is 0 Å². The number of nitrogens with zero attached hydrogens (tertiary/aromatic N) is 1. The van der Waals surface area contributed by atoms with Crippen molar-refractivity contribution in [3.05, 3.63) is 78.4 Å². The van der Waals surface area contributed by atoms with Gasteiger partial charge in [0.1, 0.15) is 0 Å². The van der Waals surface area contributed by atoms with Crippen LogP contribution in [0, 0.1) is 0 Å². The van der Waals surface area contributed by atoms with E-state index in [0.717, 1.165) is 10.8 Å². The average Bonchev–Trinajstić information content (AvgIpc) is 2.56. The zero-order valence-electron chi connectivity index (χ0n) is 11.8. The molecule has 0 fully saturated rings. The monoisotopic (exact) mass is 306 g/mol. The first-order valence-electron chi connectivity index (χ1n) is 6.85. The van der Waals surface area contributed by atoms with Crippen molar-refractivity contribution < 1.29 is 4.79 Å². The molecule has 0 bridgehead atoms. The average molecular weight is 306 g/mol.